The number of pyridine rings is 2. The number of methoxy groups -OCH3 is 1. The summed E-state index contributed by atoms with van der Waals surface area (Å²) in [6.07, 6.45) is 6.02. The molecule has 1 aliphatic carbocycles. The van der Waals surface area contributed by atoms with Crippen LogP contribution in [0, 0.1) is 11.3 Å². The molecular weight excluding hydrogens is 416 g/mol. The maximum Gasteiger partial charge on any atom is 0.225 e. The molecule has 1 atom stereocenters. The topological polar surface area (TPSA) is 94.4 Å². The molecule has 0 radical (unpaired) electrons. The van der Waals surface area contributed by atoms with Crippen LogP contribution in [0.15, 0.2) is 31.0 Å². The lowest BCUT2D eigenvalue weighted by atomic mass is 10.1. The summed E-state index contributed by atoms with van der Waals surface area (Å²) in [4.78, 5) is 25.8. The molecular formula is C25H30N6O2. The number of ether oxygens (including phenoxy) is 1. The molecule has 1 aliphatic heterocycles. The van der Waals surface area contributed by atoms with Crippen LogP contribution in [0.3, 0.4) is 0 Å². The number of anilines is 3. The normalized spacial score (nSPS) is 18.0. The van der Waals surface area contributed by atoms with Gasteiger partial charge in [-0.05, 0) is 44.0 Å². The first-order valence-corrected chi connectivity index (χ1v) is 11.4. The van der Waals surface area contributed by atoms with Gasteiger partial charge in [0.2, 0.25) is 5.91 Å². The highest BCUT2D eigenvalue weighted by molar-refractivity contribution is 5.77. The molecule has 2 aromatic heterocycles. The van der Waals surface area contributed by atoms with E-state index >= 15 is 0 Å². The Kier molecular flexibility index (Phi) is 6.90. The van der Waals surface area contributed by atoms with E-state index in [0.717, 1.165) is 35.6 Å². The van der Waals surface area contributed by atoms with Gasteiger partial charge in [0.15, 0.2) is 0 Å². The number of piperazine rings is 1. The van der Waals surface area contributed by atoms with Crippen LogP contribution in [0.5, 0.6) is 0 Å². The van der Waals surface area contributed by atoms with Gasteiger partial charge in [-0.2, -0.15) is 5.26 Å². The molecule has 33 heavy (non-hydrogen) atoms. The average Bonchev–Trinajstić information content (AvgIpc) is 3.67. The van der Waals surface area contributed by atoms with Gasteiger partial charge >= 0.3 is 0 Å². The Labute approximate surface area is 194 Å². The zero-order valence-electron chi connectivity index (χ0n) is 19.3. The lowest BCUT2D eigenvalue weighted by Crippen LogP contribution is -2.54. The van der Waals surface area contributed by atoms with Crippen LogP contribution in [0.2, 0.25) is 0 Å². The average molecular weight is 447 g/mol. The highest BCUT2D eigenvalue weighted by atomic mass is 16.5. The summed E-state index contributed by atoms with van der Waals surface area (Å²) in [5.74, 6) is 1.21. The second-order valence-electron chi connectivity index (χ2n) is 8.60. The third-order valence-electron chi connectivity index (χ3n) is 6.15. The van der Waals surface area contributed by atoms with Gasteiger partial charge in [0.25, 0.3) is 0 Å². The minimum atomic E-state index is 0.0350. The zero-order chi connectivity index (χ0) is 23.4. The first-order valence-electron chi connectivity index (χ1n) is 11.4. The molecule has 1 amide bonds. The number of amides is 1. The van der Waals surface area contributed by atoms with Crippen molar-refractivity contribution in [3.05, 3.63) is 47.9 Å². The Morgan fingerprint density at radius 3 is 2.88 bits per heavy atom. The molecule has 2 aliphatic rings. The van der Waals surface area contributed by atoms with E-state index in [2.05, 4.69) is 27.8 Å². The van der Waals surface area contributed by atoms with Crippen molar-refractivity contribution < 1.29 is 9.53 Å². The van der Waals surface area contributed by atoms with Crippen molar-refractivity contribution in [3.63, 3.8) is 0 Å². The van der Waals surface area contributed by atoms with Crippen molar-refractivity contribution in [1.29, 1.82) is 5.26 Å². The Hall–Kier alpha value is -3.44. The highest BCUT2D eigenvalue weighted by Crippen LogP contribution is 2.44. The molecule has 8 nitrogen and oxygen atoms in total. The van der Waals surface area contributed by atoms with Gasteiger partial charge in [-0.15, -0.1) is 0 Å². The fourth-order valence-corrected chi connectivity index (χ4v) is 4.26. The molecule has 0 unspecified atom stereocenters. The number of hydrogen-bond acceptors (Lipinski definition) is 7. The quantitative estimate of drug-likeness (QED) is 0.661. The summed E-state index contributed by atoms with van der Waals surface area (Å²) in [7, 11) is 1.60. The number of nitrogens with zero attached hydrogens (tertiary/aromatic N) is 5. The van der Waals surface area contributed by atoms with Crippen molar-refractivity contribution >= 4 is 29.2 Å². The predicted molar refractivity (Wildman–Crippen MR) is 128 cm³/mol. The van der Waals surface area contributed by atoms with E-state index in [1.807, 2.05) is 30.0 Å². The van der Waals surface area contributed by atoms with E-state index in [1.54, 1.807) is 19.4 Å². The molecule has 2 fully saturated rings. The van der Waals surface area contributed by atoms with Gasteiger partial charge in [0.1, 0.15) is 11.9 Å². The molecule has 0 bridgehead atoms. The number of nitrogens with one attached hydrogen (secondary N) is 1. The van der Waals surface area contributed by atoms with Crippen LogP contribution in [-0.4, -0.2) is 60.2 Å². The van der Waals surface area contributed by atoms with E-state index < -0.39 is 0 Å². The van der Waals surface area contributed by atoms with Gasteiger partial charge in [-0.1, -0.05) is 6.58 Å². The maximum atomic E-state index is 12.5. The van der Waals surface area contributed by atoms with Gasteiger partial charge in [0, 0.05) is 50.6 Å². The number of carbonyl (C=O) groups excluding carboxylic acids is 1. The van der Waals surface area contributed by atoms with Gasteiger partial charge < -0.3 is 19.9 Å². The standard InChI is InChI=1S/C25H30N6O2/c1-4-20-14-21(7-9-27-20)28-22-13-19(15-26)25(29-24(22)18-5-6-18)30-10-11-31(17(2)16-30)23(32)8-12-33-3/h4,7,9,13-14,17-18H,1,5-6,8,10-12,16H2,2-3H3,(H,27,28)/t17-/m1/s1. The summed E-state index contributed by atoms with van der Waals surface area (Å²) < 4.78 is 5.05. The number of hydrogen-bond donors (Lipinski definition) is 1. The smallest absolute Gasteiger partial charge is 0.225 e. The molecule has 8 heteroatoms. The minimum Gasteiger partial charge on any atom is -0.384 e. The van der Waals surface area contributed by atoms with E-state index in [0.29, 0.717) is 50.0 Å². The molecule has 1 saturated carbocycles. The van der Waals surface area contributed by atoms with Crippen LogP contribution >= 0.6 is 0 Å². The highest BCUT2D eigenvalue weighted by Gasteiger charge is 2.33. The number of carbonyl (C=O) groups is 1. The van der Waals surface area contributed by atoms with Crippen LogP contribution in [0.1, 0.15) is 49.1 Å². The number of aromatic nitrogens is 2. The van der Waals surface area contributed by atoms with Crippen molar-refractivity contribution in [3.8, 4) is 6.07 Å². The summed E-state index contributed by atoms with van der Waals surface area (Å²) >= 11 is 0. The zero-order valence-corrected chi connectivity index (χ0v) is 19.3. The molecule has 3 heterocycles. The van der Waals surface area contributed by atoms with Crippen LogP contribution in [0.4, 0.5) is 17.2 Å². The summed E-state index contributed by atoms with van der Waals surface area (Å²) in [6.45, 7) is 8.15. The maximum absolute atomic E-state index is 12.5. The molecule has 172 valence electrons. The summed E-state index contributed by atoms with van der Waals surface area (Å²) in [5, 5.41) is 13.4. The monoisotopic (exact) mass is 446 g/mol. The van der Waals surface area contributed by atoms with Crippen molar-refractivity contribution in [1.82, 2.24) is 14.9 Å². The first kappa shape index (κ1) is 22.7. The molecule has 2 aromatic rings. The van der Waals surface area contributed by atoms with E-state index in [-0.39, 0.29) is 11.9 Å². The van der Waals surface area contributed by atoms with Crippen molar-refractivity contribution in [2.45, 2.75) is 38.1 Å². The van der Waals surface area contributed by atoms with Crippen LogP contribution in [0.25, 0.3) is 6.08 Å². The van der Waals surface area contributed by atoms with E-state index in [9.17, 15) is 10.1 Å². The van der Waals surface area contributed by atoms with Crippen LogP contribution in [-0.2, 0) is 9.53 Å². The Balaban J connectivity index is 1.58. The lowest BCUT2D eigenvalue weighted by molar-refractivity contribution is -0.134. The van der Waals surface area contributed by atoms with Gasteiger partial charge in [-0.25, -0.2) is 4.98 Å². The van der Waals surface area contributed by atoms with Gasteiger partial charge in [0.05, 0.1) is 35.7 Å². The summed E-state index contributed by atoms with van der Waals surface area (Å²) in [5.41, 5.74) is 4.06. The molecule has 4 rings (SSSR count). The third kappa shape index (κ3) is 5.15. The Morgan fingerprint density at radius 2 is 2.21 bits per heavy atom. The molecule has 0 spiro atoms. The first-order chi connectivity index (χ1) is 16.0. The lowest BCUT2D eigenvalue weighted by Gasteiger charge is -2.41. The van der Waals surface area contributed by atoms with E-state index in [1.165, 1.54) is 0 Å². The van der Waals surface area contributed by atoms with Crippen LogP contribution < -0.4 is 10.2 Å². The largest absolute Gasteiger partial charge is 0.384 e. The SMILES string of the molecule is C=Cc1cc(Nc2cc(C#N)c(N3CCN(C(=O)CCOC)[C@H](C)C3)nc2C2CC2)ccn1. The van der Waals surface area contributed by atoms with Crippen molar-refractivity contribution in [2.75, 3.05) is 43.6 Å². The second kappa shape index (κ2) is 10.0. The minimum absolute atomic E-state index is 0.0350. The van der Waals surface area contributed by atoms with E-state index in [4.69, 9.17) is 9.72 Å². The predicted octanol–water partition coefficient (Wildman–Crippen LogP) is 3.69. The number of nitriles is 1. The Bertz CT molecular complexity index is 1080. The second-order valence-corrected chi connectivity index (χ2v) is 8.60. The fourth-order valence-electron chi connectivity index (χ4n) is 4.26. The van der Waals surface area contributed by atoms with Crippen molar-refractivity contribution in [2.24, 2.45) is 0 Å². The fraction of sp³-hybridized carbons (Fsp3) is 0.440. The summed E-state index contributed by atoms with van der Waals surface area (Å²) in [6, 6.07) is 8.09. The van der Waals surface area contributed by atoms with Gasteiger partial charge in [-0.3, -0.25) is 9.78 Å². The molecule has 1 N–H and O–H groups in total. The number of rotatable bonds is 8. The Morgan fingerprint density at radius 1 is 1.39 bits per heavy atom. The third-order valence-corrected chi connectivity index (χ3v) is 6.15. The molecule has 1 saturated heterocycles. The molecule has 0 aromatic carbocycles.